The quantitative estimate of drug-likeness (QED) is 0.824. The second kappa shape index (κ2) is 4.08. The molecule has 0 aliphatic heterocycles. The lowest BCUT2D eigenvalue weighted by Gasteiger charge is -2.02. The van der Waals surface area contributed by atoms with Crippen LogP contribution in [0, 0.1) is 13.8 Å². The van der Waals surface area contributed by atoms with Gasteiger partial charge in [0, 0.05) is 5.69 Å². The summed E-state index contributed by atoms with van der Waals surface area (Å²) >= 11 is 0. The minimum atomic E-state index is 0.497. The molecule has 2 rings (SSSR count). The number of hydrogen-bond donors (Lipinski definition) is 1. The van der Waals surface area contributed by atoms with Crippen LogP contribution in [0.5, 0.6) is 0 Å². The molecule has 2 aromatic heterocycles. The first-order valence-electron chi connectivity index (χ1n) is 4.71. The van der Waals surface area contributed by atoms with Gasteiger partial charge in [0.2, 0.25) is 5.89 Å². The van der Waals surface area contributed by atoms with Gasteiger partial charge in [-0.25, -0.2) is 4.98 Å². The van der Waals surface area contributed by atoms with Gasteiger partial charge in [0.1, 0.15) is 5.82 Å². The van der Waals surface area contributed by atoms with E-state index in [-0.39, 0.29) is 0 Å². The second-order valence-electron chi connectivity index (χ2n) is 3.25. The zero-order chi connectivity index (χ0) is 10.7. The molecule has 0 unspecified atom stereocenters. The molecule has 0 fully saturated rings. The zero-order valence-corrected chi connectivity index (χ0v) is 8.69. The Hall–Kier alpha value is -1.91. The van der Waals surface area contributed by atoms with E-state index < -0.39 is 0 Å². The molecule has 0 saturated carbocycles. The molecule has 0 aliphatic carbocycles. The van der Waals surface area contributed by atoms with Gasteiger partial charge in [0.15, 0.2) is 5.82 Å². The summed E-state index contributed by atoms with van der Waals surface area (Å²) in [6.45, 7) is 4.23. The van der Waals surface area contributed by atoms with Crippen LogP contribution in [-0.2, 0) is 6.54 Å². The predicted octanol–water partition coefficient (Wildman–Crippen LogP) is 1.69. The van der Waals surface area contributed by atoms with E-state index in [1.165, 1.54) is 0 Å². The summed E-state index contributed by atoms with van der Waals surface area (Å²) in [6.07, 6.45) is 0. The molecule has 0 aromatic carbocycles. The molecule has 0 aliphatic rings. The van der Waals surface area contributed by atoms with E-state index in [0.717, 1.165) is 11.5 Å². The van der Waals surface area contributed by atoms with E-state index in [9.17, 15) is 0 Å². The Morgan fingerprint density at radius 1 is 1.27 bits per heavy atom. The maximum Gasteiger partial charge on any atom is 0.245 e. The van der Waals surface area contributed by atoms with Crippen molar-refractivity contribution in [1.29, 1.82) is 0 Å². The van der Waals surface area contributed by atoms with Gasteiger partial charge in [-0.15, -0.1) is 0 Å². The molecule has 5 nitrogen and oxygen atoms in total. The van der Waals surface area contributed by atoms with Crippen molar-refractivity contribution < 1.29 is 4.52 Å². The average molecular weight is 204 g/mol. The summed E-state index contributed by atoms with van der Waals surface area (Å²) < 4.78 is 4.96. The molecule has 0 bridgehead atoms. The first-order valence-corrected chi connectivity index (χ1v) is 4.71. The summed E-state index contributed by atoms with van der Waals surface area (Å²) in [6, 6.07) is 5.79. The van der Waals surface area contributed by atoms with Crippen LogP contribution in [0.25, 0.3) is 0 Å². The van der Waals surface area contributed by atoms with Crippen molar-refractivity contribution in [2.45, 2.75) is 20.4 Å². The minimum Gasteiger partial charge on any atom is -0.361 e. The normalized spacial score (nSPS) is 10.3. The Morgan fingerprint density at radius 3 is 2.80 bits per heavy atom. The topological polar surface area (TPSA) is 63.8 Å². The highest BCUT2D eigenvalue weighted by molar-refractivity contribution is 5.34. The molecule has 1 N–H and O–H groups in total. The van der Waals surface area contributed by atoms with Crippen LogP contribution in [0.3, 0.4) is 0 Å². The molecule has 2 aromatic rings. The zero-order valence-electron chi connectivity index (χ0n) is 8.69. The fourth-order valence-electron chi connectivity index (χ4n) is 1.22. The highest BCUT2D eigenvalue weighted by atomic mass is 16.5. The van der Waals surface area contributed by atoms with E-state index >= 15 is 0 Å². The highest BCUT2D eigenvalue weighted by Gasteiger charge is 2.02. The number of rotatable bonds is 3. The van der Waals surface area contributed by atoms with Crippen LogP contribution >= 0.6 is 0 Å². The standard InChI is InChI=1S/C10H12N4O/c1-7-4-3-5-9(12-7)11-6-10-13-8(2)14-15-10/h3-5H,6H2,1-2H3,(H,11,12). The average Bonchev–Trinajstić information content (AvgIpc) is 2.62. The van der Waals surface area contributed by atoms with Gasteiger partial charge in [-0.2, -0.15) is 4.98 Å². The van der Waals surface area contributed by atoms with Gasteiger partial charge < -0.3 is 9.84 Å². The number of anilines is 1. The largest absolute Gasteiger partial charge is 0.361 e. The minimum absolute atomic E-state index is 0.497. The van der Waals surface area contributed by atoms with Crippen LogP contribution in [-0.4, -0.2) is 15.1 Å². The highest BCUT2D eigenvalue weighted by Crippen LogP contribution is 2.05. The van der Waals surface area contributed by atoms with Gasteiger partial charge >= 0.3 is 0 Å². The molecule has 78 valence electrons. The lowest BCUT2D eigenvalue weighted by molar-refractivity contribution is 0.379. The van der Waals surface area contributed by atoms with Crippen molar-refractivity contribution >= 4 is 5.82 Å². The fraction of sp³-hybridized carbons (Fsp3) is 0.300. The summed E-state index contributed by atoms with van der Waals surface area (Å²) in [7, 11) is 0. The molecule has 0 radical (unpaired) electrons. The van der Waals surface area contributed by atoms with Gasteiger partial charge in [-0.05, 0) is 26.0 Å². The number of nitrogens with one attached hydrogen (secondary N) is 1. The van der Waals surface area contributed by atoms with Crippen molar-refractivity contribution in [3.63, 3.8) is 0 Å². The second-order valence-corrected chi connectivity index (χ2v) is 3.25. The van der Waals surface area contributed by atoms with Gasteiger partial charge in [0.05, 0.1) is 6.54 Å². The fourth-order valence-corrected chi connectivity index (χ4v) is 1.22. The SMILES string of the molecule is Cc1cccc(NCc2nc(C)no2)n1. The van der Waals surface area contributed by atoms with Gasteiger partial charge in [-0.1, -0.05) is 11.2 Å². The number of hydrogen-bond acceptors (Lipinski definition) is 5. The molecular weight excluding hydrogens is 192 g/mol. The Morgan fingerprint density at radius 2 is 2.13 bits per heavy atom. The molecule has 0 saturated heterocycles. The van der Waals surface area contributed by atoms with E-state index in [4.69, 9.17) is 4.52 Å². The lowest BCUT2D eigenvalue weighted by Crippen LogP contribution is -2.01. The van der Waals surface area contributed by atoms with E-state index in [0.29, 0.717) is 18.3 Å². The molecule has 2 heterocycles. The summed E-state index contributed by atoms with van der Waals surface area (Å²) in [4.78, 5) is 8.37. The number of aryl methyl sites for hydroxylation is 2. The predicted molar refractivity (Wildman–Crippen MR) is 55.3 cm³/mol. The van der Waals surface area contributed by atoms with Crippen LogP contribution in [0.1, 0.15) is 17.4 Å². The van der Waals surface area contributed by atoms with Crippen molar-refractivity contribution in [2.75, 3.05) is 5.32 Å². The third kappa shape index (κ3) is 2.52. The number of nitrogens with zero attached hydrogens (tertiary/aromatic N) is 3. The van der Waals surface area contributed by atoms with Crippen LogP contribution in [0.4, 0.5) is 5.82 Å². The first kappa shape index (κ1) is 9.64. The summed E-state index contributed by atoms with van der Waals surface area (Å²) in [5.74, 6) is 2.02. The summed E-state index contributed by atoms with van der Waals surface area (Å²) in [5.41, 5.74) is 0.974. The van der Waals surface area contributed by atoms with Crippen molar-refractivity contribution in [3.05, 3.63) is 35.6 Å². The molecule has 0 atom stereocenters. The smallest absolute Gasteiger partial charge is 0.245 e. The van der Waals surface area contributed by atoms with E-state index in [2.05, 4.69) is 20.4 Å². The van der Waals surface area contributed by atoms with Crippen LogP contribution in [0.15, 0.2) is 22.7 Å². The van der Waals surface area contributed by atoms with E-state index in [1.54, 1.807) is 6.92 Å². The molecule has 15 heavy (non-hydrogen) atoms. The van der Waals surface area contributed by atoms with Crippen molar-refractivity contribution in [1.82, 2.24) is 15.1 Å². The third-order valence-electron chi connectivity index (χ3n) is 1.88. The number of aromatic nitrogens is 3. The molecule has 0 amide bonds. The first-order chi connectivity index (χ1) is 7.24. The number of pyridine rings is 1. The van der Waals surface area contributed by atoms with Crippen LogP contribution < -0.4 is 5.32 Å². The van der Waals surface area contributed by atoms with Gasteiger partial charge in [-0.3, -0.25) is 0 Å². The van der Waals surface area contributed by atoms with Crippen LogP contribution in [0.2, 0.25) is 0 Å². The maximum atomic E-state index is 4.96. The van der Waals surface area contributed by atoms with E-state index in [1.807, 2.05) is 25.1 Å². The monoisotopic (exact) mass is 204 g/mol. The maximum absolute atomic E-state index is 4.96. The Balaban J connectivity index is 1.99. The van der Waals surface area contributed by atoms with Gasteiger partial charge in [0.25, 0.3) is 0 Å². The third-order valence-corrected chi connectivity index (χ3v) is 1.88. The molecular formula is C10H12N4O. The summed E-state index contributed by atoms with van der Waals surface area (Å²) in [5, 5.41) is 6.81. The lowest BCUT2D eigenvalue weighted by atomic mass is 10.4. The van der Waals surface area contributed by atoms with Crippen molar-refractivity contribution in [3.8, 4) is 0 Å². The Labute approximate surface area is 87.5 Å². The van der Waals surface area contributed by atoms with Crippen molar-refractivity contribution in [2.24, 2.45) is 0 Å². The Kier molecular flexibility index (Phi) is 2.62. The Bertz CT molecular complexity index is 452. The molecule has 0 spiro atoms. The molecule has 5 heteroatoms.